The van der Waals surface area contributed by atoms with Crippen molar-refractivity contribution in [3.8, 4) is 0 Å². The monoisotopic (exact) mass is 722 g/mol. The van der Waals surface area contributed by atoms with Crippen molar-refractivity contribution in [2.24, 2.45) is 17.3 Å². The zero-order chi connectivity index (χ0) is 33.5. The molecule has 8 heteroatoms. The molecule has 2 heterocycles. The maximum absolute atomic E-state index is 12.6. The minimum atomic E-state index is -0.420. The number of aliphatic hydroxyl groups is 1. The van der Waals surface area contributed by atoms with Crippen LogP contribution in [0.2, 0.25) is 4.82 Å². The van der Waals surface area contributed by atoms with Crippen LogP contribution in [0.1, 0.15) is 117 Å². The van der Waals surface area contributed by atoms with Gasteiger partial charge in [0.1, 0.15) is 0 Å². The van der Waals surface area contributed by atoms with Gasteiger partial charge < -0.3 is 4.74 Å². The van der Waals surface area contributed by atoms with E-state index in [1.54, 1.807) is 0 Å². The molecule has 0 radical (unpaired) electrons. The molecule has 3 aliphatic rings. The predicted molar refractivity (Wildman–Crippen MR) is 188 cm³/mol. The third-order valence-electron chi connectivity index (χ3n) is 10.2. The second kappa shape index (κ2) is 20.4. The summed E-state index contributed by atoms with van der Waals surface area (Å²) in [5.74, 6) is 0.0858. The first-order chi connectivity index (χ1) is 22.8. The smallest absolute Gasteiger partial charge is 0.353 e. The molecule has 7 nitrogen and oxygen atoms in total. The molecule has 47 heavy (non-hydrogen) atoms. The normalized spacial score (nSPS) is 28.4. The Morgan fingerprint density at radius 1 is 1.02 bits per heavy atom. The Morgan fingerprint density at radius 2 is 1.74 bits per heavy atom. The minimum absolute atomic E-state index is 0.0414. The number of hydrogen-bond acceptors (Lipinski definition) is 7. The van der Waals surface area contributed by atoms with Gasteiger partial charge in [0.2, 0.25) is 0 Å². The quantitative estimate of drug-likeness (QED) is 0.0685. The Bertz CT molecular complexity index is 1040. The number of benzene rings is 1. The number of carbonyl (C=O) groups excluding carboxylic acids is 1. The molecule has 3 fully saturated rings. The molecule has 3 unspecified atom stereocenters. The number of methoxy groups -OCH3 is 1. The van der Waals surface area contributed by atoms with E-state index in [1.807, 2.05) is 18.2 Å². The van der Waals surface area contributed by atoms with Crippen LogP contribution < -0.4 is 4.46 Å². The van der Waals surface area contributed by atoms with Gasteiger partial charge in [-0.2, -0.15) is 0 Å². The molecule has 0 spiro atoms. The molecule has 2 saturated heterocycles. The van der Waals surface area contributed by atoms with Gasteiger partial charge in [-0.05, 0) is 38.5 Å². The SMILES string of the molecule is CCCCC(C)(C)[C@@H](/C=C/[C@@H]1[C@@H](CCCCCC([Se]c2ccccc2)C(=O)OC)[C@@H](O)C[C@H]1OC1CCCCO1)OC1CCCCO1. The van der Waals surface area contributed by atoms with Gasteiger partial charge in [-0.1, -0.05) is 33.6 Å². The summed E-state index contributed by atoms with van der Waals surface area (Å²) < 4.78 is 31.7. The van der Waals surface area contributed by atoms with E-state index in [0.29, 0.717) is 6.42 Å². The van der Waals surface area contributed by atoms with Crippen molar-refractivity contribution in [3.63, 3.8) is 0 Å². The van der Waals surface area contributed by atoms with E-state index in [2.05, 4.69) is 45.1 Å². The van der Waals surface area contributed by atoms with Crippen molar-refractivity contribution in [1.29, 1.82) is 0 Å². The van der Waals surface area contributed by atoms with Crippen LogP contribution in [0, 0.1) is 17.3 Å². The van der Waals surface area contributed by atoms with Crippen LogP contribution in [0.5, 0.6) is 0 Å². The van der Waals surface area contributed by atoms with Crippen molar-refractivity contribution >= 4 is 25.4 Å². The predicted octanol–water partition coefficient (Wildman–Crippen LogP) is 7.52. The van der Waals surface area contributed by atoms with Crippen LogP contribution in [0.15, 0.2) is 42.5 Å². The summed E-state index contributed by atoms with van der Waals surface area (Å²) in [7, 11) is 1.49. The molecule has 0 aromatic heterocycles. The van der Waals surface area contributed by atoms with Gasteiger partial charge in [-0.15, -0.1) is 0 Å². The number of aliphatic hydroxyl groups excluding tert-OH is 1. The van der Waals surface area contributed by atoms with Crippen LogP contribution in [0.4, 0.5) is 0 Å². The van der Waals surface area contributed by atoms with Gasteiger partial charge in [-0.25, -0.2) is 0 Å². The van der Waals surface area contributed by atoms with E-state index in [0.717, 1.165) is 103 Å². The fourth-order valence-corrected chi connectivity index (χ4v) is 9.64. The summed E-state index contributed by atoms with van der Waals surface area (Å²) in [4.78, 5) is 12.5. The summed E-state index contributed by atoms with van der Waals surface area (Å²) in [6, 6.07) is 10.3. The van der Waals surface area contributed by atoms with Crippen LogP contribution >= 0.6 is 0 Å². The molecule has 1 aliphatic carbocycles. The number of ether oxygens (including phenoxy) is 5. The van der Waals surface area contributed by atoms with Gasteiger partial charge in [0.05, 0.1) is 0 Å². The van der Waals surface area contributed by atoms with Gasteiger partial charge in [0.25, 0.3) is 0 Å². The summed E-state index contributed by atoms with van der Waals surface area (Å²) >= 11 is 0.0455. The van der Waals surface area contributed by atoms with Crippen molar-refractivity contribution in [2.45, 2.75) is 153 Å². The van der Waals surface area contributed by atoms with Crippen LogP contribution in [-0.2, 0) is 28.5 Å². The van der Waals surface area contributed by atoms with E-state index in [9.17, 15) is 9.90 Å². The molecule has 4 rings (SSSR count). The Kier molecular flexibility index (Phi) is 16.8. The van der Waals surface area contributed by atoms with E-state index in [4.69, 9.17) is 23.7 Å². The zero-order valence-electron chi connectivity index (χ0n) is 29.5. The molecule has 2 aliphatic heterocycles. The van der Waals surface area contributed by atoms with Crippen LogP contribution in [0.3, 0.4) is 0 Å². The molecule has 266 valence electrons. The summed E-state index contributed by atoms with van der Waals surface area (Å²) in [6.07, 6.45) is 18.7. The second-order valence-electron chi connectivity index (χ2n) is 14.4. The molecule has 0 bridgehead atoms. The third kappa shape index (κ3) is 12.5. The molecule has 1 N–H and O–H groups in total. The minimum Gasteiger partial charge on any atom is -0.353 e. The first kappa shape index (κ1) is 38.5. The van der Waals surface area contributed by atoms with Gasteiger partial charge in [0.15, 0.2) is 6.29 Å². The van der Waals surface area contributed by atoms with Gasteiger partial charge in [-0.3, -0.25) is 0 Å². The fraction of sp³-hybridized carbons (Fsp3) is 0.769. The average Bonchev–Trinajstić information content (AvgIpc) is 3.38. The number of carbonyl (C=O) groups is 1. The van der Waals surface area contributed by atoms with E-state index in [-0.39, 0.29) is 67.8 Å². The molecular weight excluding hydrogens is 659 g/mol. The summed E-state index contributed by atoms with van der Waals surface area (Å²) in [5, 5.41) is 11.4. The van der Waals surface area contributed by atoms with Crippen molar-refractivity contribution in [2.75, 3.05) is 20.3 Å². The first-order valence-electron chi connectivity index (χ1n) is 18.5. The Balaban J connectivity index is 1.42. The van der Waals surface area contributed by atoms with Gasteiger partial charge in [0, 0.05) is 13.2 Å². The number of hydrogen-bond donors (Lipinski definition) is 1. The molecule has 0 amide bonds. The van der Waals surface area contributed by atoms with Crippen molar-refractivity contribution in [3.05, 3.63) is 42.5 Å². The van der Waals surface area contributed by atoms with Crippen LogP contribution in [-0.4, -0.2) is 77.2 Å². The van der Waals surface area contributed by atoms with E-state index < -0.39 is 6.10 Å². The number of unbranched alkanes of at least 4 members (excludes halogenated alkanes) is 3. The topological polar surface area (TPSA) is 83.5 Å². The van der Waals surface area contributed by atoms with E-state index in [1.165, 1.54) is 11.6 Å². The maximum atomic E-state index is 12.6. The Hall–Kier alpha value is -1.25. The second-order valence-corrected chi connectivity index (χ2v) is 17.1. The standard InChI is InChI=1S/C39H62O7Se/c1-5-6-25-39(2,3)35(46-37-22-14-16-27-44-37)24-23-31-30(32(40)28-33(31)45-36-21-13-15-26-43-36)19-11-8-12-20-34(38(41)42-4)47-29-17-9-7-10-18-29/h7,9-10,17-18,23-24,30-37,40H,5-6,8,11-16,19-22,25-28H2,1-4H3/b24-23+/t30-,31-,32+,33-,34?,35-,36?,37?/m1/s1. The number of rotatable bonds is 19. The molecule has 1 aromatic carbocycles. The molecule has 1 saturated carbocycles. The third-order valence-corrected chi connectivity index (χ3v) is 12.9. The Morgan fingerprint density at radius 3 is 2.40 bits per heavy atom. The van der Waals surface area contributed by atoms with Crippen LogP contribution in [0.25, 0.3) is 0 Å². The molecular formula is C39H62O7Se. The summed E-state index contributed by atoms with van der Waals surface area (Å²) in [5.41, 5.74) is -0.0414. The fourth-order valence-electron chi connectivity index (χ4n) is 7.30. The Labute approximate surface area is 291 Å². The molecule has 8 atom stereocenters. The van der Waals surface area contributed by atoms with Gasteiger partial charge >= 0.3 is 195 Å². The molecule has 1 aromatic rings. The average molecular weight is 722 g/mol. The first-order valence-corrected chi connectivity index (χ1v) is 20.3. The van der Waals surface area contributed by atoms with Crippen molar-refractivity contribution < 1.29 is 33.6 Å². The van der Waals surface area contributed by atoms with E-state index >= 15 is 0 Å². The summed E-state index contributed by atoms with van der Waals surface area (Å²) in [6.45, 7) is 8.37. The number of esters is 1. The van der Waals surface area contributed by atoms with Crippen molar-refractivity contribution in [1.82, 2.24) is 0 Å². The zero-order valence-corrected chi connectivity index (χ0v) is 31.2.